The molecule has 0 atom stereocenters. The van der Waals surface area contributed by atoms with Crippen molar-refractivity contribution in [2.24, 2.45) is 5.41 Å². The number of carbonyl (C=O) groups excluding carboxylic acids is 3. The molecule has 0 aliphatic carbocycles. The first-order valence-electron chi connectivity index (χ1n) is 8.56. The van der Waals surface area contributed by atoms with E-state index in [0.29, 0.717) is 12.1 Å². The highest BCUT2D eigenvalue weighted by molar-refractivity contribution is 5.96. The Kier molecular flexibility index (Phi) is 5.82. The van der Waals surface area contributed by atoms with Crippen LogP contribution in [0, 0.1) is 12.3 Å². The van der Waals surface area contributed by atoms with Crippen molar-refractivity contribution in [1.29, 1.82) is 0 Å². The van der Waals surface area contributed by atoms with Crippen molar-refractivity contribution in [2.45, 2.75) is 47.0 Å². The van der Waals surface area contributed by atoms with Gasteiger partial charge in [-0.25, -0.2) is 0 Å². The fourth-order valence-electron chi connectivity index (χ4n) is 2.64. The largest absolute Gasteiger partial charge is 0.455 e. The number of amides is 2. The number of esters is 1. The van der Waals surface area contributed by atoms with Gasteiger partial charge in [0.1, 0.15) is 0 Å². The Morgan fingerprint density at radius 3 is 2.56 bits per heavy atom. The molecule has 0 unspecified atom stereocenters. The van der Waals surface area contributed by atoms with E-state index in [0.717, 1.165) is 30.6 Å². The molecule has 1 N–H and O–H groups in total. The van der Waals surface area contributed by atoms with Crippen LogP contribution in [0.15, 0.2) is 18.2 Å². The Bertz CT molecular complexity index is 676. The van der Waals surface area contributed by atoms with E-state index in [2.05, 4.69) is 5.32 Å². The zero-order chi connectivity index (χ0) is 18.6. The molecule has 1 aliphatic heterocycles. The molecule has 0 saturated carbocycles. The standard InChI is InChI=1S/C19H26N2O4/c1-13-11-14(20-16(22)12-25-18(24)19(2,3)4)8-9-15(13)21-10-6-5-7-17(21)23/h8-9,11H,5-7,10,12H2,1-4H3,(H,20,22). The lowest BCUT2D eigenvalue weighted by molar-refractivity contribution is -0.155. The van der Waals surface area contributed by atoms with E-state index in [9.17, 15) is 14.4 Å². The fourth-order valence-corrected chi connectivity index (χ4v) is 2.64. The lowest BCUT2D eigenvalue weighted by Crippen LogP contribution is -2.35. The molecule has 0 bridgehead atoms. The van der Waals surface area contributed by atoms with Crippen LogP contribution in [0.25, 0.3) is 0 Å². The van der Waals surface area contributed by atoms with E-state index < -0.39 is 17.3 Å². The lowest BCUT2D eigenvalue weighted by Gasteiger charge is -2.28. The Morgan fingerprint density at radius 1 is 1.24 bits per heavy atom. The zero-order valence-electron chi connectivity index (χ0n) is 15.3. The monoisotopic (exact) mass is 346 g/mol. The molecule has 136 valence electrons. The molecule has 1 aromatic carbocycles. The van der Waals surface area contributed by atoms with Crippen LogP contribution in [-0.2, 0) is 19.1 Å². The summed E-state index contributed by atoms with van der Waals surface area (Å²) < 4.78 is 5.00. The maximum atomic E-state index is 12.0. The summed E-state index contributed by atoms with van der Waals surface area (Å²) in [6.07, 6.45) is 2.52. The summed E-state index contributed by atoms with van der Waals surface area (Å²) in [6.45, 7) is 7.52. The Hall–Kier alpha value is -2.37. The SMILES string of the molecule is Cc1cc(NC(=O)COC(=O)C(C)(C)C)ccc1N1CCCCC1=O. The summed E-state index contributed by atoms with van der Waals surface area (Å²) in [5.74, 6) is -0.670. The van der Waals surface area contributed by atoms with Gasteiger partial charge in [0.2, 0.25) is 5.91 Å². The van der Waals surface area contributed by atoms with E-state index in [1.54, 1.807) is 31.7 Å². The van der Waals surface area contributed by atoms with Crippen molar-refractivity contribution < 1.29 is 19.1 Å². The number of anilines is 2. The number of carbonyl (C=O) groups is 3. The van der Waals surface area contributed by atoms with Crippen molar-refractivity contribution in [3.05, 3.63) is 23.8 Å². The number of benzene rings is 1. The number of nitrogens with zero attached hydrogens (tertiary/aromatic N) is 1. The maximum Gasteiger partial charge on any atom is 0.311 e. The highest BCUT2D eigenvalue weighted by Crippen LogP contribution is 2.27. The summed E-state index contributed by atoms with van der Waals surface area (Å²) in [7, 11) is 0. The Labute approximate surface area is 148 Å². The first-order valence-corrected chi connectivity index (χ1v) is 8.56. The molecule has 1 heterocycles. The third-order valence-electron chi connectivity index (χ3n) is 4.04. The Balaban J connectivity index is 1.97. The third kappa shape index (κ3) is 5.05. The molecule has 0 spiro atoms. The summed E-state index contributed by atoms with van der Waals surface area (Å²) in [5.41, 5.74) is 1.77. The molecule has 1 aliphatic rings. The number of ether oxygens (including phenoxy) is 1. The smallest absolute Gasteiger partial charge is 0.311 e. The van der Waals surface area contributed by atoms with Crippen LogP contribution >= 0.6 is 0 Å². The highest BCUT2D eigenvalue weighted by atomic mass is 16.5. The van der Waals surface area contributed by atoms with Crippen LogP contribution < -0.4 is 10.2 Å². The topological polar surface area (TPSA) is 75.7 Å². The van der Waals surface area contributed by atoms with Gasteiger partial charge in [-0.05, 0) is 64.3 Å². The minimum Gasteiger partial charge on any atom is -0.455 e. The number of hydrogen-bond donors (Lipinski definition) is 1. The van der Waals surface area contributed by atoms with Gasteiger partial charge < -0.3 is 15.0 Å². The molecule has 6 nitrogen and oxygen atoms in total. The molecule has 6 heteroatoms. The van der Waals surface area contributed by atoms with Crippen LogP contribution in [0.5, 0.6) is 0 Å². The Morgan fingerprint density at radius 2 is 1.96 bits per heavy atom. The van der Waals surface area contributed by atoms with Gasteiger partial charge in [-0.15, -0.1) is 0 Å². The molecule has 1 saturated heterocycles. The van der Waals surface area contributed by atoms with Crippen LogP contribution in [0.2, 0.25) is 0 Å². The maximum absolute atomic E-state index is 12.0. The highest BCUT2D eigenvalue weighted by Gasteiger charge is 2.24. The van der Waals surface area contributed by atoms with Crippen LogP contribution in [-0.4, -0.2) is 30.9 Å². The predicted molar refractivity (Wildman–Crippen MR) is 96.4 cm³/mol. The van der Waals surface area contributed by atoms with Crippen LogP contribution in [0.4, 0.5) is 11.4 Å². The van der Waals surface area contributed by atoms with Gasteiger partial charge in [-0.1, -0.05) is 0 Å². The number of nitrogens with one attached hydrogen (secondary N) is 1. The normalized spacial score (nSPS) is 15.0. The van der Waals surface area contributed by atoms with Crippen molar-refractivity contribution >= 4 is 29.2 Å². The second-order valence-corrected chi connectivity index (χ2v) is 7.38. The minimum atomic E-state index is -0.639. The second-order valence-electron chi connectivity index (χ2n) is 7.38. The van der Waals surface area contributed by atoms with Crippen molar-refractivity contribution in [3.8, 4) is 0 Å². The first-order chi connectivity index (χ1) is 11.7. The van der Waals surface area contributed by atoms with Gasteiger partial charge in [0, 0.05) is 24.3 Å². The van der Waals surface area contributed by atoms with Gasteiger partial charge in [-0.2, -0.15) is 0 Å². The molecule has 1 fully saturated rings. The predicted octanol–water partition coefficient (Wildman–Crippen LogP) is 3.04. The molecular formula is C19H26N2O4. The first kappa shape index (κ1) is 19.0. The molecule has 25 heavy (non-hydrogen) atoms. The van der Waals surface area contributed by atoms with Gasteiger partial charge in [-0.3, -0.25) is 14.4 Å². The molecule has 0 aromatic heterocycles. The molecule has 0 radical (unpaired) electrons. The van der Waals surface area contributed by atoms with E-state index in [4.69, 9.17) is 4.74 Å². The average molecular weight is 346 g/mol. The van der Waals surface area contributed by atoms with Gasteiger partial charge in [0.05, 0.1) is 5.41 Å². The van der Waals surface area contributed by atoms with E-state index in [1.165, 1.54) is 0 Å². The number of rotatable bonds is 4. The van der Waals surface area contributed by atoms with E-state index in [1.807, 2.05) is 19.1 Å². The number of piperidine rings is 1. The summed E-state index contributed by atoms with van der Waals surface area (Å²) in [4.78, 5) is 37.5. The number of hydrogen-bond acceptors (Lipinski definition) is 4. The minimum absolute atomic E-state index is 0.139. The molecule has 2 amide bonds. The van der Waals surface area contributed by atoms with Crippen molar-refractivity contribution in [2.75, 3.05) is 23.4 Å². The summed E-state index contributed by atoms with van der Waals surface area (Å²) in [5, 5.41) is 2.71. The second kappa shape index (κ2) is 7.68. The molecule has 1 aromatic rings. The third-order valence-corrected chi connectivity index (χ3v) is 4.04. The molecular weight excluding hydrogens is 320 g/mol. The van der Waals surface area contributed by atoms with Gasteiger partial charge in [0.25, 0.3) is 5.91 Å². The van der Waals surface area contributed by atoms with Gasteiger partial charge >= 0.3 is 5.97 Å². The van der Waals surface area contributed by atoms with Crippen molar-refractivity contribution in [1.82, 2.24) is 0 Å². The van der Waals surface area contributed by atoms with E-state index in [-0.39, 0.29) is 12.5 Å². The van der Waals surface area contributed by atoms with Gasteiger partial charge in [0.15, 0.2) is 6.61 Å². The van der Waals surface area contributed by atoms with Crippen LogP contribution in [0.3, 0.4) is 0 Å². The average Bonchev–Trinajstić information content (AvgIpc) is 2.53. The van der Waals surface area contributed by atoms with Crippen LogP contribution in [0.1, 0.15) is 45.6 Å². The summed E-state index contributed by atoms with van der Waals surface area (Å²) >= 11 is 0. The zero-order valence-corrected chi connectivity index (χ0v) is 15.3. The number of aryl methyl sites for hydroxylation is 1. The summed E-state index contributed by atoms with van der Waals surface area (Å²) in [6, 6.07) is 5.42. The quantitative estimate of drug-likeness (QED) is 0.850. The molecule has 2 rings (SSSR count). The lowest BCUT2D eigenvalue weighted by atomic mass is 9.97. The fraction of sp³-hybridized carbons (Fsp3) is 0.526. The van der Waals surface area contributed by atoms with Crippen molar-refractivity contribution in [3.63, 3.8) is 0 Å². The van der Waals surface area contributed by atoms with E-state index >= 15 is 0 Å².